The van der Waals surface area contributed by atoms with Crippen LogP contribution in [0.3, 0.4) is 0 Å². The molecule has 0 amide bonds. The molecular formula is C32H34BrN3O6. The van der Waals surface area contributed by atoms with Crippen molar-refractivity contribution in [2.45, 2.75) is 40.5 Å². The molecule has 1 heterocycles. The summed E-state index contributed by atoms with van der Waals surface area (Å²) in [5.41, 5.74) is 3.35. The van der Waals surface area contributed by atoms with Crippen LogP contribution in [-0.4, -0.2) is 48.8 Å². The molecular weight excluding hydrogens is 602 g/mol. The SMILES string of the molecule is CCOC(=O)COc1c(C=Nn2c(-c3cc(C(C)C)c(OCC)cc3C)nc3ccccc3c2=O)cc(Br)cc1OC. The Morgan fingerprint density at radius 2 is 1.83 bits per heavy atom. The fourth-order valence-electron chi connectivity index (χ4n) is 4.52. The average molecular weight is 637 g/mol. The highest BCUT2D eigenvalue weighted by molar-refractivity contribution is 9.10. The Morgan fingerprint density at radius 1 is 1.07 bits per heavy atom. The molecule has 0 aliphatic heterocycles. The van der Waals surface area contributed by atoms with E-state index in [0.717, 1.165) is 22.4 Å². The van der Waals surface area contributed by atoms with Crippen molar-refractivity contribution in [1.82, 2.24) is 9.66 Å². The molecule has 9 nitrogen and oxygen atoms in total. The lowest BCUT2D eigenvalue weighted by Gasteiger charge is -2.18. The number of carbonyl (C=O) groups excluding carboxylic acids is 1. The number of hydrogen-bond acceptors (Lipinski definition) is 8. The summed E-state index contributed by atoms with van der Waals surface area (Å²) in [5, 5.41) is 5.06. The number of aromatic nitrogens is 2. The molecule has 0 radical (unpaired) electrons. The van der Waals surface area contributed by atoms with Gasteiger partial charge in [-0.25, -0.2) is 9.78 Å². The number of aryl methyl sites for hydroxylation is 1. The molecule has 0 bridgehead atoms. The maximum atomic E-state index is 13.9. The van der Waals surface area contributed by atoms with Gasteiger partial charge in [-0.1, -0.05) is 41.9 Å². The molecule has 4 aromatic rings. The Labute approximate surface area is 253 Å². The first-order valence-corrected chi connectivity index (χ1v) is 14.5. The number of para-hydroxylation sites is 1. The minimum Gasteiger partial charge on any atom is -0.494 e. The highest BCUT2D eigenvalue weighted by atomic mass is 79.9. The molecule has 42 heavy (non-hydrogen) atoms. The fraction of sp³-hybridized carbons (Fsp3) is 0.312. The summed E-state index contributed by atoms with van der Waals surface area (Å²) in [6, 6.07) is 14.6. The van der Waals surface area contributed by atoms with Crippen LogP contribution in [0, 0.1) is 6.92 Å². The fourth-order valence-corrected chi connectivity index (χ4v) is 4.97. The summed E-state index contributed by atoms with van der Waals surface area (Å²) in [6.45, 7) is 10.3. The molecule has 0 aliphatic carbocycles. The Morgan fingerprint density at radius 3 is 2.52 bits per heavy atom. The van der Waals surface area contributed by atoms with E-state index in [9.17, 15) is 9.59 Å². The average Bonchev–Trinajstić information content (AvgIpc) is 2.96. The number of carbonyl (C=O) groups is 1. The Hall–Kier alpha value is -4.18. The monoisotopic (exact) mass is 635 g/mol. The zero-order valence-electron chi connectivity index (χ0n) is 24.6. The third-order valence-electron chi connectivity index (χ3n) is 6.49. The Bertz CT molecular complexity index is 1700. The van der Waals surface area contributed by atoms with Crippen LogP contribution in [0.2, 0.25) is 0 Å². The van der Waals surface area contributed by atoms with Crippen molar-refractivity contribution in [3.63, 3.8) is 0 Å². The third kappa shape index (κ3) is 6.65. The molecule has 10 heteroatoms. The van der Waals surface area contributed by atoms with Gasteiger partial charge in [0.1, 0.15) is 5.75 Å². The van der Waals surface area contributed by atoms with Gasteiger partial charge in [0.25, 0.3) is 5.56 Å². The number of esters is 1. The van der Waals surface area contributed by atoms with Crippen molar-refractivity contribution >= 4 is 39.0 Å². The minimum absolute atomic E-state index is 0.170. The third-order valence-corrected chi connectivity index (χ3v) is 6.95. The van der Waals surface area contributed by atoms with Gasteiger partial charge in [0.15, 0.2) is 23.9 Å². The summed E-state index contributed by atoms with van der Waals surface area (Å²) < 4.78 is 24.2. The highest BCUT2D eigenvalue weighted by Gasteiger charge is 2.19. The Balaban J connectivity index is 1.93. The smallest absolute Gasteiger partial charge is 0.344 e. The van der Waals surface area contributed by atoms with Crippen LogP contribution in [0.4, 0.5) is 0 Å². The molecule has 0 fully saturated rings. The largest absolute Gasteiger partial charge is 0.494 e. The van der Waals surface area contributed by atoms with E-state index < -0.39 is 5.97 Å². The van der Waals surface area contributed by atoms with Crippen LogP contribution in [0.15, 0.2) is 62.9 Å². The molecule has 4 rings (SSSR count). The van der Waals surface area contributed by atoms with Crippen LogP contribution < -0.4 is 19.8 Å². The lowest BCUT2D eigenvalue weighted by molar-refractivity contribution is -0.145. The van der Waals surface area contributed by atoms with Crippen LogP contribution in [0.25, 0.3) is 22.3 Å². The lowest BCUT2D eigenvalue weighted by atomic mass is 9.96. The number of methoxy groups -OCH3 is 1. The molecule has 3 aromatic carbocycles. The van der Waals surface area contributed by atoms with Crippen molar-refractivity contribution < 1.29 is 23.7 Å². The van der Waals surface area contributed by atoms with E-state index in [1.165, 1.54) is 18.0 Å². The van der Waals surface area contributed by atoms with Crippen LogP contribution in [0.5, 0.6) is 17.2 Å². The van der Waals surface area contributed by atoms with Gasteiger partial charge in [0.2, 0.25) is 0 Å². The van der Waals surface area contributed by atoms with Gasteiger partial charge in [-0.15, -0.1) is 0 Å². The second-order valence-corrected chi connectivity index (χ2v) is 10.6. The predicted octanol–water partition coefficient (Wildman–Crippen LogP) is 6.49. The van der Waals surface area contributed by atoms with Gasteiger partial charge in [-0.2, -0.15) is 9.78 Å². The van der Waals surface area contributed by atoms with Gasteiger partial charge in [0, 0.05) is 15.6 Å². The molecule has 0 saturated heterocycles. The number of fused-ring (bicyclic) bond motifs is 1. The van der Waals surface area contributed by atoms with E-state index in [2.05, 4.69) is 34.9 Å². The molecule has 0 spiro atoms. The molecule has 0 N–H and O–H groups in total. The Kier molecular flexibility index (Phi) is 10.0. The highest BCUT2D eigenvalue weighted by Crippen LogP contribution is 2.36. The van der Waals surface area contributed by atoms with Crippen molar-refractivity contribution in [3.05, 3.63) is 80.0 Å². The van der Waals surface area contributed by atoms with E-state index >= 15 is 0 Å². The number of rotatable bonds is 11. The first kappa shape index (κ1) is 30.8. The van der Waals surface area contributed by atoms with Crippen molar-refractivity contribution in [1.29, 1.82) is 0 Å². The quantitative estimate of drug-likeness (QED) is 0.137. The number of nitrogens with zero attached hydrogens (tertiary/aromatic N) is 3. The zero-order valence-corrected chi connectivity index (χ0v) is 26.1. The zero-order chi connectivity index (χ0) is 30.4. The van der Waals surface area contributed by atoms with Gasteiger partial charge < -0.3 is 18.9 Å². The van der Waals surface area contributed by atoms with E-state index in [1.807, 2.05) is 38.1 Å². The summed E-state index contributed by atoms with van der Waals surface area (Å²) in [6.07, 6.45) is 1.49. The van der Waals surface area contributed by atoms with Gasteiger partial charge in [0.05, 0.1) is 37.4 Å². The second-order valence-electron chi connectivity index (χ2n) is 9.73. The molecule has 1 aromatic heterocycles. The number of halogens is 1. The summed E-state index contributed by atoms with van der Waals surface area (Å²) >= 11 is 3.49. The second kappa shape index (κ2) is 13.7. The summed E-state index contributed by atoms with van der Waals surface area (Å²) in [4.78, 5) is 30.8. The van der Waals surface area contributed by atoms with Crippen LogP contribution in [0.1, 0.15) is 50.3 Å². The van der Waals surface area contributed by atoms with E-state index in [0.29, 0.717) is 39.1 Å². The van der Waals surface area contributed by atoms with Gasteiger partial charge >= 0.3 is 5.97 Å². The first-order chi connectivity index (χ1) is 20.2. The summed E-state index contributed by atoms with van der Waals surface area (Å²) in [5.74, 6) is 1.49. The van der Waals surface area contributed by atoms with Gasteiger partial charge in [-0.3, -0.25) is 4.79 Å². The number of ether oxygens (including phenoxy) is 4. The standard InChI is InChI=1S/C32H34BrN3O6/c1-7-40-27-13-20(5)25(16-24(27)19(3)4)31-35-26-12-10-9-11-23(26)32(38)36(31)34-17-21-14-22(33)15-28(39-6)30(21)42-18-29(37)41-8-2/h9-17,19H,7-8,18H2,1-6H3. The molecule has 0 unspecified atom stereocenters. The molecule has 0 saturated carbocycles. The van der Waals surface area contributed by atoms with E-state index in [4.69, 9.17) is 23.9 Å². The topological polar surface area (TPSA) is 101 Å². The molecule has 0 atom stereocenters. The van der Waals surface area contributed by atoms with E-state index in [-0.39, 0.29) is 30.4 Å². The van der Waals surface area contributed by atoms with Crippen molar-refractivity contribution in [2.24, 2.45) is 5.10 Å². The normalized spacial score (nSPS) is 11.3. The number of benzene rings is 3. The van der Waals surface area contributed by atoms with Crippen LogP contribution in [-0.2, 0) is 9.53 Å². The van der Waals surface area contributed by atoms with Crippen molar-refractivity contribution in [3.8, 4) is 28.6 Å². The molecule has 0 aliphatic rings. The maximum Gasteiger partial charge on any atom is 0.344 e. The van der Waals surface area contributed by atoms with E-state index in [1.54, 1.807) is 31.2 Å². The maximum absolute atomic E-state index is 13.9. The minimum atomic E-state index is -0.519. The number of hydrogen-bond donors (Lipinski definition) is 0. The van der Waals surface area contributed by atoms with Gasteiger partial charge in [-0.05, 0) is 74.2 Å². The van der Waals surface area contributed by atoms with Crippen LogP contribution >= 0.6 is 15.9 Å². The molecule has 220 valence electrons. The van der Waals surface area contributed by atoms with Crippen molar-refractivity contribution in [2.75, 3.05) is 26.9 Å². The predicted molar refractivity (Wildman–Crippen MR) is 167 cm³/mol. The summed E-state index contributed by atoms with van der Waals surface area (Å²) in [7, 11) is 1.50. The lowest BCUT2D eigenvalue weighted by Crippen LogP contribution is -2.21. The first-order valence-electron chi connectivity index (χ1n) is 13.7.